The first kappa shape index (κ1) is 13.1. The minimum Gasteiger partial charge on any atom is -0.393 e. The van der Waals surface area contributed by atoms with Crippen LogP contribution in [0.5, 0.6) is 0 Å². The summed E-state index contributed by atoms with van der Waals surface area (Å²) in [6.45, 7) is 1.11. The molecule has 0 radical (unpaired) electrons. The Morgan fingerprint density at radius 2 is 2.00 bits per heavy atom. The molecule has 0 aliphatic heterocycles. The maximum atomic E-state index is 9.69. The number of rotatable bonds is 4. The highest BCUT2D eigenvalue weighted by atomic mass is 16.3. The molecule has 4 atom stereocenters. The predicted octanol–water partition coefficient (Wildman–Crippen LogP) is 2.11. The molecule has 0 bridgehead atoms. The molecule has 1 aromatic rings. The summed E-state index contributed by atoms with van der Waals surface area (Å²) in [5.41, 5.74) is 1.32. The van der Waals surface area contributed by atoms with Crippen molar-refractivity contribution in [3.63, 3.8) is 0 Å². The minimum absolute atomic E-state index is 0.0170. The number of pyridine rings is 1. The summed E-state index contributed by atoms with van der Waals surface area (Å²) in [5, 5.41) is 9.69. The number of hydrogen-bond acceptors (Lipinski definition) is 3. The van der Waals surface area contributed by atoms with Crippen LogP contribution in [0.1, 0.15) is 31.2 Å². The van der Waals surface area contributed by atoms with Crippen LogP contribution in [0.3, 0.4) is 0 Å². The molecular weight excluding hydrogens is 236 g/mol. The van der Waals surface area contributed by atoms with Crippen molar-refractivity contribution in [2.45, 2.75) is 44.2 Å². The number of aliphatic hydroxyl groups is 1. The normalized spacial score (nSPS) is 33.8. The van der Waals surface area contributed by atoms with Crippen molar-refractivity contribution in [3.05, 3.63) is 30.1 Å². The SMILES string of the molecule is CN(CCc1cccnc1)C1C[C@H]2CC(O)C[C@H]2C1. The number of nitrogens with zero attached hydrogens (tertiary/aromatic N) is 2. The lowest BCUT2D eigenvalue weighted by Crippen LogP contribution is -2.32. The molecule has 0 amide bonds. The number of hydrogen-bond donors (Lipinski definition) is 1. The predicted molar refractivity (Wildman–Crippen MR) is 75.8 cm³/mol. The summed E-state index contributed by atoms with van der Waals surface area (Å²) in [5.74, 6) is 1.56. The third-order valence-electron chi connectivity index (χ3n) is 5.07. The lowest BCUT2D eigenvalue weighted by atomic mass is 10.0. The van der Waals surface area contributed by atoms with Crippen LogP contribution in [0.2, 0.25) is 0 Å². The maximum Gasteiger partial charge on any atom is 0.0545 e. The van der Waals surface area contributed by atoms with E-state index >= 15 is 0 Å². The average Bonchev–Trinajstić information content (AvgIpc) is 2.94. The molecular formula is C16H24N2O. The zero-order chi connectivity index (χ0) is 13.2. The van der Waals surface area contributed by atoms with Gasteiger partial charge in [-0.15, -0.1) is 0 Å². The van der Waals surface area contributed by atoms with Gasteiger partial charge in [-0.25, -0.2) is 0 Å². The van der Waals surface area contributed by atoms with Crippen molar-refractivity contribution in [3.8, 4) is 0 Å². The van der Waals surface area contributed by atoms with Crippen LogP contribution in [0.25, 0.3) is 0 Å². The third kappa shape index (κ3) is 2.98. The lowest BCUT2D eigenvalue weighted by Gasteiger charge is -2.25. The molecule has 19 heavy (non-hydrogen) atoms. The van der Waals surface area contributed by atoms with Gasteiger partial charge in [0.15, 0.2) is 0 Å². The van der Waals surface area contributed by atoms with Crippen molar-refractivity contribution < 1.29 is 5.11 Å². The Balaban J connectivity index is 1.48. The maximum absolute atomic E-state index is 9.69. The molecule has 104 valence electrons. The van der Waals surface area contributed by atoms with E-state index < -0.39 is 0 Å². The van der Waals surface area contributed by atoms with Crippen LogP contribution >= 0.6 is 0 Å². The second-order valence-electron chi connectivity index (χ2n) is 6.36. The molecule has 1 heterocycles. The van der Waals surface area contributed by atoms with Crippen LogP contribution in [0.4, 0.5) is 0 Å². The van der Waals surface area contributed by atoms with Gasteiger partial charge >= 0.3 is 0 Å². The highest BCUT2D eigenvalue weighted by Crippen LogP contribution is 2.45. The molecule has 0 aromatic carbocycles. The Morgan fingerprint density at radius 1 is 1.26 bits per heavy atom. The van der Waals surface area contributed by atoms with E-state index in [0.717, 1.165) is 43.7 Å². The minimum atomic E-state index is -0.0170. The Bertz CT molecular complexity index is 394. The van der Waals surface area contributed by atoms with Gasteiger partial charge < -0.3 is 10.0 Å². The quantitative estimate of drug-likeness (QED) is 0.900. The van der Waals surface area contributed by atoms with Crippen LogP contribution in [0.15, 0.2) is 24.5 Å². The fourth-order valence-corrected chi connectivity index (χ4v) is 3.95. The highest BCUT2D eigenvalue weighted by Gasteiger charge is 2.41. The summed E-state index contributed by atoms with van der Waals surface area (Å²) < 4.78 is 0. The Morgan fingerprint density at radius 3 is 2.63 bits per heavy atom. The summed E-state index contributed by atoms with van der Waals surface area (Å²) in [4.78, 5) is 6.68. The van der Waals surface area contributed by atoms with E-state index in [1.54, 1.807) is 0 Å². The fourth-order valence-electron chi connectivity index (χ4n) is 3.95. The van der Waals surface area contributed by atoms with Gasteiger partial charge in [0.2, 0.25) is 0 Å². The summed E-state index contributed by atoms with van der Waals surface area (Å²) in [7, 11) is 2.25. The standard InChI is InChI=1S/C16H24N2O/c1-18(6-4-12-3-2-5-17-11-12)15-7-13-9-16(19)10-14(13)8-15/h2-3,5,11,13-16,19H,4,6-10H2,1H3/t13-,14+,15?,16?. The monoisotopic (exact) mass is 260 g/mol. The number of likely N-dealkylation sites (N-methyl/N-ethyl adjacent to an activating group) is 1. The van der Waals surface area contributed by atoms with Gasteiger partial charge in [0, 0.05) is 25.0 Å². The molecule has 3 rings (SSSR count). The Labute approximate surface area is 115 Å². The van der Waals surface area contributed by atoms with Gasteiger partial charge in [0.25, 0.3) is 0 Å². The average molecular weight is 260 g/mol. The first-order valence-electron chi connectivity index (χ1n) is 7.49. The van der Waals surface area contributed by atoms with Crippen LogP contribution < -0.4 is 0 Å². The van der Waals surface area contributed by atoms with Crippen LogP contribution in [-0.4, -0.2) is 40.7 Å². The van der Waals surface area contributed by atoms with E-state index in [1.165, 1.54) is 18.4 Å². The van der Waals surface area contributed by atoms with Crippen molar-refractivity contribution in [2.24, 2.45) is 11.8 Å². The number of fused-ring (bicyclic) bond motifs is 1. The summed E-state index contributed by atoms with van der Waals surface area (Å²) in [6.07, 6.45) is 9.51. The number of aliphatic hydroxyl groups excluding tert-OH is 1. The van der Waals surface area contributed by atoms with Gasteiger partial charge in [-0.1, -0.05) is 6.07 Å². The van der Waals surface area contributed by atoms with Gasteiger partial charge in [0.1, 0.15) is 0 Å². The Hall–Kier alpha value is -0.930. The smallest absolute Gasteiger partial charge is 0.0545 e. The molecule has 2 unspecified atom stereocenters. The topological polar surface area (TPSA) is 36.4 Å². The number of aromatic nitrogens is 1. The fraction of sp³-hybridized carbons (Fsp3) is 0.688. The molecule has 1 N–H and O–H groups in total. The van der Waals surface area contributed by atoms with Gasteiger partial charge in [0.05, 0.1) is 6.10 Å². The molecule has 2 fully saturated rings. The van der Waals surface area contributed by atoms with Crippen molar-refractivity contribution in [1.82, 2.24) is 9.88 Å². The lowest BCUT2D eigenvalue weighted by molar-refractivity contribution is 0.160. The van der Waals surface area contributed by atoms with E-state index in [2.05, 4.69) is 23.0 Å². The van der Waals surface area contributed by atoms with Crippen molar-refractivity contribution in [1.29, 1.82) is 0 Å². The van der Waals surface area contributed by atoms with Crippen LogP contribution in [0, 0.1) is 11.8 Å². The van der Waals surface area contributed by atoms with E-state index in [0.29, 0.717) is 0 Å². The van der Waals surface area contributed by atoms with Crippen molar-refractivity contribution >= 4 is 0 Å². The molecule has 2 aliphatic rings. The first-order valence-corrected chi connectivity index (χ1v) is 7.49. The summed E-state index contributed by atoms with van der Waals surface area (Å²) in [6, 6.07) is 4.89. The van der Waals surface area contributed by atoms with Crippen LogP contribution in [-0.2, 0) is 6.42 Å². The first-order chi connectivity index (χ1) is 9.22. The van der Waals surface area contributed by atoms with Crippen molar-refractivity contribution in [2.75, 3.05) is 13.6 Å². The molecule has 2 saturated carbocycles. The van der Waals surface area contributed by atoms with E-state index in [1.807, 2.05) is 18.5 Å². The largest absolute Gasteiger partial charge is 0.393 e. The zero-order valence-electron chi connectivity index (χ0n) is 11.7. The molecule has 3 heteroatoms. The van der Waals surface area contributed by atoms with E-state index in [4.69, 9.17) is 0 Å². The second-order valence-corrected chi connectivity index (χ2v) is 6.36. The molecule has 2 aliphatic carbocycles. The van der Waals surface area contributed by atoms with Gasteiger partial charge in [-0.3, -0.25) is 4.98 Å². The highest BCUT2D eigenvalue weighted by molar-refractivity contribution is 5.08. The molecule has 3 nitrogen and oxygen atoms in total. The van der Waals surface area contributed by atoms with Gasteiger partial charge in [-0.2, -0.15) is 0 Å². The molecule has 0 saturated heterocycles. The Kier molecular flexibility index (Phi) is 3.85. The molecule has 0 spiro atoms. The second kappa shape index (κ2) is 5.59. The van der Waals surface area contributed by atoms with E-state index in [-0.39, 0.29) is 6.10 Å². The third-order valence-corrected chi connectivity index (χ3v) is 5.07. The van der Waals surface area contributed by atoms with Gasteiger partial charge in [-0.05, 0) is 62.6 Å². The van der Waals surface area contributed by atoms with E-state index in [9.17, 15) is 5.11 Å². The molecule has 1 aromatic heterocycles. The summed E-state index contributed by atoms with van der Waals surface area (Å²) >= 11 is 0. The zero-order valence-corrected chi connectivity index (χ0v) is 11.7.